The Balaban J connectivity index is 1.70. The Morgan fingerprint density at radius 1 is 1.12 bits per heavy atom. The van der Waals surface area contributed by atoms with Crippen molar-refractivity contribution in [1.29, 1.82) is 0 Å². The zero-order valence-corrected chi connectivity index (χ0v) is 26.0. The Morgan fingerprint density at radius 2 is 1.83 bits per heavy atom. The maximum absolute atomic E-state index is 12.4. The van der Waals surface area contributed by atoms with Crippen LogP contribution >= 0.6 is 15.9 Å². The Kier molecular flexibility index (Phi) is 11.9. The molecule has 1 aliphatic heterocycles. The number of nitrogens with zero attached hydrogens (tertiary/aromatic N) is 1. The van der Waals surface area contributed by atoms with E-state index in [4.69, 9.17) is 23.7 Å². The topological polar surface area (TPSA) is 149 Å². The summed E-state index contributed by atoms with van der Waals surface area (Å²) in [5.74, 6) is 1.34. The van der Waals surface area contributed by atoms with E-state index in [1.165, 1.54) is 13.3 Å². The number of hydrogen-bond donors (Lipinski definition) is 4. The van der Waals surface area contributed by atoms with Gasteiger partial charge in [-0.15, -0.1) is 0 Å². The second-order valence-electron chi connectivity index (χ2n) is 9.34. The minimum Gasteiger partial charge on any atom is -0.490 e. The highest BCUT2D eigenvalue weighted by Gasteiger charge is 2.32. The molecule has 0 bridgehead atoms. The van der Waals surface area contributed by atoms with Crippen LogP contribution in [-0.4, -0.2) is 62.6 Å². The molecule has 13 heteroatoms. The quantitative estimate of drug-likeness (QED) is 0.103. The number of hydrogen-bond acceptors (Lipinski definition) is 10. The Bertz CT molecular complexity index is 1330. The summed E-state index contributed by atoms with van der Waals surface area (Å²) < 4.78 is 28.7. The third-order valence-electron chi connectivity index (χ3n) is 5.79. The van der Waals surface area contributed by atoms with E-state index in [2.05, 4.69) is 37.1 Å². The van der Waals surface area contributed by atoms with E-state index in [-0.39, 0.29) is 18.3 Å². The minimum atomic E-state index is -1.14. The van der Waals surface area contributed by atoms with E-state index in [0.717, 1.165) is 5.56 Å². The number of rotatable bonds is 14. The number of ether oxygens (including phenoxy) is 5. The number of allylic oxidation sites excluding steroid dienone is 1. The van der Waals surface area contributed by atoms with Crippen molar-refractivity contribution in [3.8, 4) is 23.0 Å². The summed E-state index contributed by atoms with van der Waals surface area (Å²) in [6.07, 6.45) is 0.367. The van der Waals surface area contributed by atoms with Gasteiger partial charge in [0, 0.05) is 5.70 Å². The standard InChI is InChI=1S/C29H37BrN4O8/c1-7-39-22-13-19(26-25(28(36)38-6)17(5)32-29(37)33-26)9-10-21(22)41-15-24(35)34-31-14-18-11-20(30)27(42-16(3)4)23(12-18)40-8-2/h9-14,16,24,26,34-35H,7-8,15H2,1-6H3,(H2,32,33,37)/b31-14+/t24-,26+/m1/s1. The van der Waals surface area contributed by atoms with E-state index < -0.39 is 24.3 Å². The molecule has 0 saturated carbocycles. The minimum absolute atomic E-state index is 0.0277. The van der Waals surface area contributed by atoms with Gasteiger partial charge in [-0.25, -0.2) is 9.59 Å². The van der Waals surface area contributed by atoms with Gasteiger partial charge in [0.1, 0.15) is 6.61 Å². The Hall–Kier alpha value is -3.97. The third kappa shape index (κ3) is 8.52. The van der Waals surface area contributed by atoms with Crippen LogP contribution in [0.4, 0.5) is 4.79 Å². The zero-order chi connectivity index (χ0) is 30.8. The van der Waals surface area contributed by atoms with Gasteiger partial charge in [-0.3, -0.25) is 5.43 Å². The molecule has 0 aromatic heterocycles. The summed E-state index contributed by atoms with van der Waals surface area (Å²) in [5.41, 5.74) is 4.60. The first-order valence-corrected chi connectivity index (χ1v) is 14.2. The van der Waals surface area contributed by atoms with Crippen LogP contribution in [0.1, 0.15) is 51.8 Å². The third-order valence-corrected chi connectivity index (χ3v) is 6.38. The number of amides is 2. The predicted octanol–water partition coefficient (Wildman–Crippen LogP) is 4.16. The number of hydrazone groups is 1. The molecular weight excluding hydrogens is 612 g/mol. The average Bonchev–Trinajstić information content (AvgIpc) is 2.93. The lowest BCUT2D eigenvalue weighted by atomic mass is 9.95. The second-order valence-corrected chi connectivity index (χ2v) is 10.2. The Labute approximate surface area is 253 Å². The van der Waals surface area contributed by atoms with Gasteiger partial charge in [0.2, 0.25) is 0 Å². The fourth-order valence-electron chi connectivity index (χ4n) is 4.10. The van der Waals surface area contributed by atoms with Gasteiger partial charge in [-0.1, -0.05) is 6.07 Å². The lowest BCUT2D eigenvalue weighted by Crippen LogP contribution is -2.45. The summed E-state index contributed by atoms with van der Waals surface area (Å²) in [5, 5.41) is 19.9. The van der Waals surface area contributed by atoms with Crippen LogP contribution in [0.25, 0.3) is 0 Å². The number of carbonyl (C=O) groups is 2. The van der Waals surface area contributed by atoms with Crippen molar-refractivity contribution < 1.29 is 38.4 Å². The summed E-state index contributed by atoms with van der Waals surface area (Å²) in [4.78, 5) is 24.6. The molecule has 12 nitrogen and oxygen atoms in total. The largest absolute Gasteiger partial charge is 0.490 e. The Morgan fingerprint density at radius 3 is 2.50 bits per heavy atom. The van der Waals surface area contributed by atoms with Crippen molar-refractivity contribution in [2.45, 2.75) is 53.0 Å². The number of aliphatic hydroxyl groups excluding tert-OH is 1. The van der Waals surface area contributed by atoms with Crippen LogP contribution in [0.15, 0.2) is 51.2 Å². The molecule has 0 saturated heterocycles. The number of nitrogens with one attached hydrogen (secondary N) is 3. The highest BCUT2D eigenvalue weighted by molar-refractivity contribution is 9.10. The highest BCUT2D eigenvalue weighted by atomic mass is 79.9. The van der Waals surface area contributed by atoms with E-state index in [0.29, 0.717) is 51.9 Å². The molecule has 1 aliphatic rings. The molecule has 2 amide bonds. The molecule has 0 spiro atoms. The summed E-state index contributed by atoms with van der Waals surface area (Å²) in [7, 11) is 1.28. The number of carbonyl (C=O) groups excluding carboxylic acids is 2. The molecule has 0 aliphatic carbocycles. The van der Waals surface area contributed by atoms with E-state index in [1.54, 1.807) is 31.2 Å². The number of esters is 1. The summed E-state index contributed by atoms with van der Waals surface area (Å²) >= 11 is 3.52. The van der Waals surface area contributed by atoms with Gasteiger partial charge >= 0.3 is 12.0 Å². The van der Waals surface area contributed by atoms with E-state index in [9.17, 15) is 14.7 Å². The number of halogens is 1. The maximum Gasteiger partial charge on any atom is 0.337 e. The van der Waals surface area contributed by atoms with Crippen molar-refractivity contribution in [3.05, 3.63) is 57.2 Å². The molecule has 2 aromatic carbocycles. The van der Waals surface area contributed by atoms with Gasteiger partial charge in [-0.2, -0.15) is 5.10 Å². The molecule has 3 rings (SSSR count). The lowest BCUT2D eigenvalue weighted by molar-refractivity contribution is -0.136. The monoisotopic (exact) mass is 648 g/mol. The van der Waals surface area contributed by atoms with Crippen molar-refractivity contribution in [2.24, 2.45) is 5.10 Å². The molecule has 2 aromatic rings. The first-order chi connectivity index (χ1) is 20.1. The molecule has 4 N–H and O–H groups in total. The van der Waals surface area contributed by atoms with Gasteiger partial charge in [-0.05, 0) is 85.9 Å². The fourth-order valence-corrected chi connectivity index (χ4v) is 4.65. The van der Waals surface area contributed by atoms with Crippen molar-refractivity contribution in [2.75, 3.05) is 26.9 Å². The zero-order valence-electron chi connectivity index (χ0n) is 24.4. The number of aliphatic hydroxyl groups is 1. The van der Waals surface area contributed by atoms with E-state index >= 15 is 0 Å². The van der Waals surface area contributed by atoms with E-state index in [1.807, 2.05) is 33.8 Å². The summed E-state index contributed by atoms with van der Waals surface area (Å²) in [6, 6.07) is 7.43. The smallest absolute Gasteiger partial charge is 0.337 e. The number of benzene rings is 2. The molecule has 0 unspecified atom stereocenters. The predicted molar refractivity (Wildman–Crippen MR) is 160 cm³/mol. The molecule has 228 valence electrons. The van der Waals surface area contributed by atoms with Crippen LogP contribution in [-0.2, 0) is 9.53 Å². The number of urea groups is 1. The normalized spacial score (nSPS) is 15.6. The first-order valence-electron chi connectivity index (χ1n) is 13.4. The van der Waals surface area contributed by atoms with Crippen molar-refractivity contribution in [1.82, 2.24) is 16.1 Å². The molecule has 2 atom stereocenters. The van der Waals surface area contributed by atoms with Crippen LogP contribution in [0.2, 0.25) is 0 Å². The molecule has 0 fully saturated rings. The van der Waals surface area contributed by atoms with Crippen molar-refractivity contribution >= 4 is 34.1 Å². The highest BCUT2D eigenvalue weighted by Crippen LogP contribution is 2.37. The molecule has 1 heterocycles. The van der Waals surface area contributed by atoms with Gasteiger partial charge < -0.3 is 39.4 Å². The fraction of sp³-hybridized carbons (Fsp3) is 0.414. The van der Waals surface area contributed by atoms with Crippen LogP contribution in [0.3, 0.4) is 0 Å². The van der Waals surface area contributed by atoms with Gasteiger partial charge in [0.25, 0.3) is 0 Å². The first kappa shape index (κ1) is 32.5. The molecular formula is C29H37BrN4O8. The van der Waals surface area contributed by atoms with Crippen LogP contribution in [0, 0.1) is 0 Å². The average molecular weight is 650 g/mol. The van der Waals surface area contributed by atoms with Crippen LogP contribution in [0.5, 0.6) is 23.0 Å². The molecule has 0 radical (unpaired) electrons. The van der Waals surface area contributed by atoms with Gasteiger partial charge in [0.15, 0.2) is 29.2 Å². The maximum atomic E-state index is 12.4. The molecule has 42 heavy (non-hydrogen) atoms. The van der Waals surface area contributed by atoms with Crippen molar-refractivity contribution in [3.63, 3.8) is 0 Å². The second kappa shape index (κ2) is 15.3. The number of methoxy groups -OCH3 is 1. The lowest BCUT2D eigenvalue weighted by Gasteiger charge is -2.28. The van der Waals surface area contributed by atoms with Crippen LogP contribution < -0.4 is 35.0 Å². The SMILES string of the molecule is CCOc1cc([C@@H]2NC(=O)NC(C)=C2C(=O)OC)ccc1OC[C@@H](O)N/N=C/c1cc(Br)c(OC(C)C)c(OCC)c1. The summed E-state index contributed by atoms with van der Waals surface area (Å²) in [6.45, 7) is 9.85. The van der Waals surface area contributed by atoms with Gasteiger partial charge in [0.05, 0.1) is 48.7 Å².